The summed E-state index contributed by atoms with van der Waals surface area (Å²) in [7, 11) is 0. The first-order valence-corrected chi connectivity index (χ1v) is 11.7. The van der Waals surface area contributed by atoms with Crippen molar-refractivity contribution in [3.05, 3.63) is 91.9 Å². The van der Waals surface area contributed by atoms with Crippen LogP contribution in [-0.2, 0) is 23.5 Å². The number of fused-ring (bicyclic) bond motifs is 1. The van der Waals surface area contributed by atoms with Crippen LogP contribution in [0.5, 0.6) is 5.75 Å². The minimum absolute atomic E-state index is 0.0244. The van der Waals surface area contributed by atoms with E-state index >= 15 is 0 Å². The zero-order valence-electron chi connectivity index (χ0n) is 16.8. The van der Waals surface area contributed by atoms with Gasteiger partial charge >= 0.3 is 0 Å². The molecule has 2 aromatic heterocycles. The molecule has 0 radical (unpaired) electrons. The second kappa shape index (κ2) is 9.11. The number of rotatable bonds is 7. The van der Waals surface area contributed by atoms with E-state index in [1.807, 2.05) is 46.3 Å². The normalized spacial score (nSPS) is 12.9. The summed E-state index contributed by atoms with van der Waals surface area (Å²) in [5.74, 6) is 1.94. The number of thioether (sulfide) groups is 1. The van der Waals surface area contributed by atoms with E-state index in [4.69, 9.17) is 9.47 Å². The van der Waals surface area contributed by atoms with Crippen LogP contribution in [0.3, 0.4) is 0 Å². The average molecular weight is 467 g/mol. The Kier molecular flexibility index (Phi) is 5.89. The molecule has 10 heteroatoms. The fourth-order valence-electron chi connectivity index (χ4n) is 3.55. The fourth-order valence-corrected chi connectivity index (χ4v) is 5.19. The molecule has 2 aromatic carbocycles. The summed E-state index contributed by atoms with van der Waals surface area (Å²) in [5, 5.41) is 23.1. The van der Waals surface area contributed by atoms with Crippen LogP contribution in [0.25, 0.3) is 5.69 Å². The van der Waals surface area contributed by atoms with Crippen molar-refractivity contribution in [1.29, 1.82) is 0 Å². The van der Waals surface area contributed by atoms with E-state index < -0.39 is 4.92 Å². The van der Waals surface area contributed by atoms with E-state index in [1.54, 1.807) is 17.4 Å². The molecular formula is C22H18N4O4S2. The summed E-state index contributed by atoms with van der Waals surface area (Å²) in [6.45, 7) is 0.424. The van der Waals surface area contributed by atoms with Crippen LogP contribution in [0.15, 0.2) is 65.1 Å². The number of ether oxygens (including phenoxy) is 2. The Balaban J connectivity index is 1.48. The number of hydrogen-bond donors (Lipinski definition) is 0. The molecule has 0 spiro atoms. The maximum atomic E-state index is 11.4. The number of benzene rings is 2. The lowest BCUT2D eigenvalue weighted by molar-refractivity contribution is -0.385. The van der Waals surface area contributed by atoms with Gasteiger partial charge in [0.2, 0.25) is 0 Å². The molecule has 0 unspecified atom stereocenters. The van der Waals surface area contributed by atoms with Gasteiger partial charge in [0, 0.05) is 46.0 Å². The molecule has 1 aliphatic rings. The van der Waals surface area contributed by atoms with Gasteiger partial charge in [-0.1, -0.05) is 36.0 Å². The predicted molar refractivity (Wildman–Crippen MR) is 121 cm³/mol. The van der Waals surface area contributed by atoms with Crippen molar-refractivity contribution < 1.29 is 14.4 Å². The highest BCUT2D eigenvalue weighted by Crippen LogP contribution is 2.36. The number of nitro groups is 1. The fraction of sp³-hybridized carbons (Fsp3) is 0.182. The monoisotopic (exact) mass is 466 g/mol. The first kappa shape index (κ1) is 20.7. The average Bonchev–Trinajstić information content (AvgIpc) is 3.48. The lowest BCUT2D eigenvalue weighted by atomic mass is 10.1. The highest BCUT2D eigenvalue weighted by atomic mass is 32.2. The third-order valence-corrected chi connectivity index (χ3v) is 6.82. The summed E-state index contributed by atoms with van der Waals surface area (Å²) in [5.41, 5.74) is 2.42. The number of hydrogen-bond acceptors (Lipinski definition) is 8. The molecule has 0 atom stereocenters. The van der Waals surface area contributed by atoms with E-state index in [-0.39, 0.29) is 12.5 Å². The predicted octanol–water partition coefficient (Wildman–Crippen LogP) is 4.99. The third kappa shape index (κ3) is 4.24. The van der Waals surface area contributed by atoms with E-state index in [0.29, 0.717) is 30.1 Å². The second-order valence-corrected chi connectivity index (χ2v) is 9.05. The highest BCUT2D eigenvalue weighted by Gasteiger charge is 2.22. The molecule has 4 aromatic rings. The summed E-state index contributed by atoms with van der Waals surface area (Å²) >= 11 is 3.15. The van der Waals surface area contributed by atoms with Crippen molar-refractivity contribution in [2.24, 2.45) is 0 Å². The van der Waals surface area contributed by atoms with Crippen LogP contribution >= 0.6 is 23.1 Å². The largest absolute Gasteiger partial charge is 0.467 e. The molecule has 1 aliphatic heterocycles. The van der Waals surface area contributed by atoms with Crippen molar-refractivity contribution in [2.75, 3.05) is 6.79 Å². The van der Waals surface area contributed by atoms with Crippen molar-refractivity contribution in [3.8, 4) is 11.4 Å². The molecular weight excluding hydrogens is 448 g/mol. The van der Waals surface area contributed by atoms with Crippen molar-refractivity contribution in [2.45, 2.75) is 23.9 Å². The Morgan fingerprint density at radius 1 is 1.16 bits per heavy atom. The lowest BCUT2D eigenvalue weighted by Crippen LogP contribution is -2.13. The third-order valence-electron chi connectivity index (χ3n) is 4.97. The van der Waals surface area contributed by atoms with Crippen molar-refractivity contribution in [3.63, 3.8) is 0 Å². The molecule has 0 fully saturated rings. The van der Waals surface area contributed by atoms with Gasteiger partial charge in [0.05, 0.1) is 11.5 Å². The molecule has 0 saturated heterocycles. The van der Waals surface area contributed by atoms with Crippen LogP contribution in [-0.4, -0.2) is 26.5 Å². The summed E-state index contributed by atoms with van der Waals surface area (Å²) < 4.78 is 13.0. The van der Waals surface area contributed by atoms with Crippen LogP contribution in [0.4, 0.5) is 5.69 Å². The van der Waals surface area contributed by atoms with Gasteiger partial charge in [-0.25, -0.2) is 0 Å². The Morgan fingerprint density at radius 2 is 2.03 bits per heavy atom. The van der Waals surface area contributed by atoms with Crippen LogP contribution in [0.1, 0.15) is 21.8 Å². The van der Waals surface area contributed by atoms with Gasteiger partial charge in [0.25, 0.3) is 5.69 Å². The number of thiophene rings is 1. The molecule has 0 aliphatic carbocycles. The standard InChI is InChI=1S/C22H18N4O4S2/c27-26(28)18-9-15-12-29-14-30-21(15)16(10-18)13-32-22-24-23-20(11-19-7-4-8-31-19)25(22)17-5-2-1-3-6-17/h1-10H,11-14H2. The number of para-hydroxylation sites is 1. The molecule has 0 bridgehead atoms. The molecule has 3 heterocycles. The van der Waals surface area contributed by atoms with Gasteiger partial charge in [-0.2, -0.15) is 0 Å². The van der Waals surface area contributed by atoms with Crippen LogP contribution < -0.4 is 4.74 Å². The zero-order valence-corrected chi connectivity index (χ0v) is 18.5. The summed E-state index contributed by atoms with van der Waals surface area (Å²) in [6, 6.07) is 17.1. The van der Waals surface area contributed by atoms with Gasteiger partial charge in [-0.3, -0.25) is 14.7 Å². The number of non-ortho nitro benzene ring substituents is 1. The Hall–Kier alpha value is -3.21. The van der Waals surface area contributed by atoms with Crippen LogP contribution in [0.2, 0.25) is 0 Å². The molecule has 162 valence electrons. The molecule has 0 N–H and O–H groups in total. The Bertz CT molecular complexity index is 1240. The van der Waals surface area contributed by atoms with Gasteiger partial charge in [-0.15, -0.1) is 21.5 Å². The smallest absolute Gasteiger partial charge is 0.270 e. The zero-order chi connectivity index (χ0) is 21.9. The van der Waals surface area contributed by atoms with Crippen molar-refractivity contribution in [1.82, 2.24) is 14.8 Å². The SMILES string of the molecule is O=[N+]([O-])c1cc2c(c(CSc3nnc(Cc4cccs4)n3-c3ccccc3)c1)OCOC2. The van der Waals surface area contributed by atoms with E-state index in [1.165, 1.54) is 22.7 Å². The van der Waals surface area contributed by atoms with Crippen LogP contribution in [0, 0.1) is 10.1 Å². The molecule has 0 saturated carbocycles. The van der Waals surface area contributed by atoms with Gasteiger partial charge in [0.15, 0.2) is 11.9 Å². The summed E-state index contributed by atoms with van der Waals surface area (Å²) in [4.78, 5) is 12.2. The van der Waals surface area contributed by atoms with Gasteiger partial charge in [0.1, 0.15) is 11.6 Å². The number of nitro benzene ring substituents is 1. The summed E-state index contributed by atoms with van der Waals surface area (Å²) in [6.07, 6.45) is 0.673. The maximum Gasteiger partial charge on any atom is 0.270 e. The van der Waals surface area contributed by atoms with Gasteiger partial charge in [-0.05, 0) is 23.6 Å². The van der Waals surface area contributed by atoms with E-state index in [2.05, 4.69) is 16.3 Å². The molecule has 32 heavy (non-hydrogen) atoms. The van der Waals surface area contributed by atoms with E-state index in [9.17, 15) is 10.1 Å². The first-order valence-electron chi connectivity index (χ1n) is 9.84. The van der Waals surface area contributed by atoms with E-state index in [0.717, 1.165) is 22.2 Å². The quantitative estimate of drug-likeness (QED) is 0.215. The minimum atomic E-state index is -0.394. The minimum Gasteiger partial charge on any atom is -0.467 e. The molecule has 8 nitrogen and oxygen atoms in total. The molecule has 0 amide bonds. The Morgan fingerprint density at radius 3 is 2.81 bits per heavy atom. The first-order chi connectivity index (χ1) is 15.7. The Labute approximate surface area is 192 Å². The van der Waals surface area contributed by atoms with Crippen molar-refractivity contribution >= 4 is 28.8 Å². The lowest BCUT2D eigenvalue weighted by Gasteiger charge is -2.20. The molecule has 5 rings (SSSR count). The maximum absolute atomic E-state index is 11.4. The topological polar surface area (TPSA) is 92.3 Å². The van der Waals surface area contributed by atoms with Gasteiger partial charge < -0.3 is 9.47 Å². The highest BCUT2D eigenvalue weighted by molar-refractivity contribution is 7.98. The number of nitrogens with zero attached hydrogens (tertiary/aromatic N) is 4. The number of aromatic nitrogens is 3. The second-order valence-electron chi connectivity index (χ2n) is 7.08.